The van der Waals surface area contributed by atoms with Crippen molar-refractivity contribution in [3.05, 3.63) is 130 Å². The molecule has 5 aliphatic rings. The van der Waals surface area contributed by atoms with E-state index in [9.17, 15) is 0 Å². The van der Waals surface area contributed by atoms with E-state index in [1.54, 1.807) is 7.11 Å². The van der Waals surface area contributed by atoms with E-state index in [1.165, 1.54) is 5.56 Å². The molecule has 10 rings (SSSR count). The first kappa shape index (κ1) is 51.3. The molecule has 14 heteroatoms. The van der Waals surface area contributed by atoms with E-state index >= 15 is 4.79 Å². The number of nitrogens with zero attached hydrogens (tertiary/aromatic N) is 7. The van der Waals surface area contributed by atoms with Crippen LogP contribution in [-0.4, -0.2) is 142 Å². The van der Waals surface area contributed by atoms with Gasteiger partial charge in [0.05, 0.1) is 35.9 Å². The van der Waals surface area contributed by atoms with Crippen molar-refractivity contribution in [3.8, 4) is 22.8 Å². The molecule has 5 fully saturated rings. The van der Waals surface area contributed by atoms with Crippen LogP contribution in [-0.2, 0) is 42.5 Å². The highest BCUT2D eigenvalue weighted by atomic mass is 35.5. The molecular formula is C58H75Cl2N9O3. The first-order valence-electron chi connectivity index (χ1n) is 26.2. The van der Waals surface area contributed by atoms with Crippen molar-refractivity contribution < 1.29 is 14.3 Å². The van der Waals surface area contributed by atoms with Crippen LogP contribution in [0.4, 0.5) is 0 Å². The summed E-state index contributed by atoms with van der Waals surface area (Å²) < 4.78 is 15.2. The van der Waals surface area contributed by atoms with Gasteiger partial charge in [0.15, 0.2) is 5.78 Å². The maximum Gasteiger partial charge on any atom is 0.153 e. The number of pyridine rings is 1. The fourth-order valence-electron chi connectivity index (χ4n) is 14.9. The summed E-state index contributed by atoms with van der Waals surface area (Å²) in [6.45, 7) is 11.2. The number of ether oxygens (including phenoxy) is 2. The molecule has 1 spiro atoms. The average molecular weight is 1020 g/mol. The largest absolute Gasteiger partial charge is 0.457 e. The minimum absolute atomic E-state index is 0.0557. The molecule has 6 heterocycles. The topological polar surface area (TPSA) is 103 Å². The number of methoxy groups -OCH3 is 1. The molecule has 72 heavy (non-hydrogen) atoms. The Balaban J connectivity index is 1.10. The minimum Gasteiger partial charge on any atom is -0.457 e. The van der Waals surface area contributed by atoms with Crippen molar-refractivity contribution in [3.63, 3.8) is 0 Å². The van der Waals surface area contributed by atoms with Crippen LogP contribution in [0.1, 0.15) is 69.6 Å². The molecule has 2 aromatic heterocycles. The Labute approximate surface area is 437 Å². The van der Waals surface area contributed by atoms with Crippen molar-refractivity contribution in [2.45, 2.75) is 133 Å². The second-order valence-electron chi connectivity index (χ2n) is 22.2. The van der Waals surface area contributed by atoms with Crippen LogP contribution >= 0.6 is 23.2 Å². The van der Waals surface area contributed by atoms with Gasteiger partial charge < -0.3 is 29.6 Å². The molecule has 5 aromatic rings. The third-order valence-corrected chi connectivity index (χ3v) is 18.8. The highest BCUT2D eigenvalue weighted by Gasteiger charge is 2.77. The number of Topliss-reactive ketones (excluding diaryl/α,β-unsaturated/α-hetero) is 1. The van der Waals surface area contributed by atoms with Gasteiger partial charge in [-0.15, -0.1) is 0 Å². The lowest BCUT2D eigenvalue weighted by Crippen LogP contribution is -2.74. The zero-order valence-electron chi connectivity index (χ0n) is 43.9. The van der Waals surface area contributed by atoms with Crippen LogP contribution < -0.4 is 15.4 Å². The van der Waals surface area contributed by atoms with Crippen LogP contribution in [0.15, 0.2) is 97.3 Å². The van der Waals surface area contributed by atoms with Crippen LogP contribution in [0.3, 0.4) is 0 Å². The quantitative estimate of drug-likeness (QED) is 0.112. The summed E-state index contributed by atoms with van der Waals surface area (Å²) in [4.78, 5) is 37.2. The van der Waals surface area contributed by atoms with Gasteiger partial charge in [0.25, 0.3) is 0 Å². The number of aromatic nitrogens is 3. The van der Waals surface area contributed by atoms with Crippen LogP contribution in [0.2, 0.25) is 10.0 Å². The van der Waals surface area contributed by atoms with E-state index < -0.39 is 10.8 Å². The van der Waals surface area contributed by atoms with E-state index in [0.29, 0.717) is 36.1 Å². The van der Waals surface area contributed by atoms with Gasteiger partial charge in [0.2, 0.25) is 0 Å². The lowest BCUT2D eigenvalue weighted by molar-refractivity contribution is -0.154. The number of piperidine rings is 1. The zero-order chi connectivity index (χ0) is 50.8. The average Bonchev–Trinajstić information content (AvgIpc) is 4.01. The standard InChI is InChI=1S/C58H75Cl2N9O3/c1-11-57-51-28-41(27-44-14-12-13-25-61-44)54(57)66(7)36(3)35(2)63-50-30-45(26-38-15-20-42(59)21-16-38)67(8)55-47(34-71-10)64-53(58(50,55)56(57)70)37(4)69(51)32-40-17-22-43(60)29-49(40)72-46-23-18-39(19-24-46)48-31-62-52(68(48)9)33-65(5)6/h12-25,29,31,35-37,41,45,47,50-51,53-55,63-64H,11,26-28,30,32-34H2,1-10H3/t35-,36-,37-,41-,45-,47+,50?,51?,53?,54?,55?,57?,58?/m0/s1. The second-order valence-corrected chi connectivity index (χ2v) is 23.1. The molecule has 7 unspecified atom stereocenters. The Morgan fingerprint density at radius 3 is 2.29 bits per heavy atom. The van der Waals surface area contributed by atoms with Gasteiger partial charge in [-0.2, -0.15) is 0 Å². The van der Waals surface area contributed by atoms with Gasteiger partial charge >= 0.3 is 0 Å². The maximum absolute atomic E-state index is 17.6. The van der Waals surface area contributed by atoms with Crippen molar-refractivity contribution in [2.75, 3.05) is 41.9 Å². The highest BCUT2D eigenvalue weighted by Crippen LogP contribution is 2.63. The lowest BCUT2D eigenvalue weighted by atomic mass is 9.54. The summed E-state index contributed by atoms with van der Waals surface area (Å²) in [5.41, 5.74) is 3.88. The number of imidazole rings is 1. The zero-order valence-corrected chi connectivity index (χ0v) is 45.4. The summed E-state index contributed by atoms with van der Waals surface area (Å²) >= 11 is 13.3. The first-order chi connectivity index (χ1) is 34.6. The summed E-state index contributed by atoms with van der Waals surface area (Å²) in [7, 11) is 12.6. The number of hydrogen-bond acceptors (Lipinski definition) is 11. The van der Waals surface area contributed by atoms with Gasteiger partial charge in [-0.1, -0.05) is 54.4 Å². The summed E-state index contributed by atoms with van der Waals surface area (Å²) in [5.74, 6) is 3.00. The predicted molar refractivity (Wildman–Crippen MR) is 288 cm³/mol. The molecule has 0 amide bonds. The van der Waals surface area contributed by atoms with Crippen LogP contribution in [0.5, 0.6) is 11.5 Å². The van der Waals surface area contributed by atoms with E-state index in [0.717, 1.165) is 71.3 Å². The second kappa shape index (κ2) is 20.5. The van der Waals surface area contributed by atoms with Crippen molar-refractivity contribution in [2.24, 2.45) is 23.8 Å². The molecule has 12 nitrogen and oxygen atoms in total. The van der Waals surface area contributed by atoms with E-state index in [2.05, 4.69) is 140 Å². The van der Waals surface area contributed by atoms with Crippen molar-refractivity contribution >= 4 is 29.0 Å². The molecular weight excluding hydrogens is 942 g/mol. The first-order valence-corrected chi connectivity index (χ1v) is 27.0. The molecule has 4 saturated heterocycles. The number of ketones is 1. The normalized spacial score (nSPS) is 32.8. The Kier molecular flexibility index (Phi) is 14.6. The van der Waals surface area contributed by atoms with E-state index in [1.807, 2.05) is 54.9 Å². The highest BCUT2D eigenvalue weighted by molar-refractivity contribution is 6.31. The Morgan fingerprint density at radius 1 is 0.847 bits per heavy atom. The van der Waals surface area contributed by atoms with Gasteiger partial charge in [-0.05, 0) is 153 Å². The minimum atomic E-state index is -0.809. The Morgan fingerprint density at radius 2 is 1.60 bits per heavy atom. The van der Waals surface area contributed by atoms with Crippen molar-refractivity contribution in [1.82, 2.24) is 44.8 Å². The maximum atomic E-state index is 17.6. The number of halogens is 2. The number of benzene rings is 3. The summed E-state index contributed by atoms with van der Waals surface area (Å²) in [5, 5.41) is 9.90. The molecule has 1 saturated carbocycles. The fourth-order valence-corrected chi connectivity index (χ4v) is 15.1. The molecule has 4 aliphatic heterocycles. The monoisotopic (exact) mass is 1020 g/mol. The van der Waals surface area contributed by atoms with Gasteiger partial charge in [-0.25, -0.2) is 4.98 Å². The molecule has 1 aliphatic carbocycles. The molecule has 13 atom stereocenters. The molecule has 2 bridgehead atoms. The third kappa shape index (κ3) is 8.74. The molecule has 0 radical (unpaired) electrons. The predicted octanol–water partition coefficient (Wildman–Crippen LogP) is 8.78. The molecule has 3 aromatic carbocycles. The van der Waals surface area contributed by atoms with Crippen LogP contribution in [0.25, 0.3) is 11.3 Å². The van der Waals surface area contributed by atoms with E-state index in [-0.39, 0.29) is 66.3 Å². The van der Waals surface area contributed by atoms with Gasteiger partial charge in [0.1, 0.15) is 17.3 Å². The number of likely N-dealkylation sites (tertiary alicyclic amines) is 2. The SMILES string of the molecule is CCC12C(=O)C34C5C[C@H](Cc6ccc(Cl)cc6)N(C)C3[C@@H](COC)NC4[C@H](C)N(Cc3ccc(Cl)cc3Oc3ccc(-c4cnc(CN(C)C)n4C)cc3)C1C[C@H](Cc1ccccn1)C2N(C)[C@@H](C)[C@H](C)N5. The van der Waals surface area contributed by atoms with Crippen molar-refractivity contribution in [1.29, 1.82) is 0 Å². The third-order valence-electron chi connectivity index (χ3n) is 18.3. The lowest BCUT2D eigenvalue weighted by Gasteiger charge is -2.57. The van der Waals surface area contributed by atoms with E-state index in [4.69, 9.17) is 42.6 Å². The number of carbonyl (C=O) groups is 1. The molecule has 2 N–H and O–H groups in total. The van der Waals surface area contributed by atoms with Gasteiger partial charge in [-0.3, -0.25) is 24.5 Å². The number of hydrogen-bond donors (Lipinski definition) is 2. The number of likely N-dealkylation sites (N-methyl/N-ethyl adjacent to an activating group) is 2. The number of carbonyl (C=O) groups excluding carboxylic acids is 1. The number of nitrogens with one attached hydrogen (secondary N) is 2. The van der Waals surface area contributed by atoms with Gasteiger partial charge in [0, 0.05) is 114 Å². The Bertz CT molecular complexity index is 2710. The fraction of sp³-hybridized carbons (Fsp3) is 0.534. The Hall–Kier alpha value is -4.21. The smallest absolute Gasteiger partial charge is 0.153 e. The summed E-state index contributed by atoms with van der Waals surface area (Å²) in [6, 6.07) is 28.5. The molecule has 384 valence electrons. The van der Waals surface area contributed by atoms with Crippen LogP contribution in [0, 0.1) is 16.7 Å². The summed E-state index contributed by atoms with van der Waals surface area (Å²) in [6.07, 6.45) is 7.87. The number of rotatable bonds is 14.